The number of aromatic nitrogens is 3. The average molecular weight is 464 g/mol. The minimum Gasteiger partial charge on any atom is -0.342 e. The topological polar surface area (TPSA) is 43.9 Å². The molecule has 2 aromatic heterocycles. The maximum Gasteiger partial charge on any atom is 0.260 e. The molecule has 2 heterocycles. The number of benzene rings is 4. The molecule has 166 valence electrons. The highest BCUT2D eigenvalue weighted by Crippen LogP contribution is 2.31. The Bertz CT molecular complexity index is 1610. The summed E-state index contributed by atoms with van der Waals surface area (Å²) in [6.07, 6.45) is 3.56. The molecule has 6 rings (SSSR count). The molecule has 0 spiro atoms. The second-order valence-corrected chi connectivity index (χ2v) is 8.84. The van der Waals surface area contributed by atoms with E-state index in [1.807, 2.05) is 30.3 Å². The average Bonchev–Trinajstić information content (AvgIpc) is 3.49. The summed E-state index contributed by atoms with van der Waals surface area (Å²) in [5.74, 6) is 1.22. The molecule has 0 aliphatic rings. The summed E-state index contributed by atoms with van der Waals surface area (Å²) in [7, 11) is 0. The van der Waals surface area contributed by atoms with Crippen molar-refractivity contribution in [2.45, 2.75) is 19.4 Å². The van der Waals surface area contributed by atoms with E-state index in [4.69, 9.17) is 21.1 Å². The van der Waals surface area contributed by atoms with Crippen LogP contribution in [-0.4, -0.2) is 14.7 Å². The fourth-order valence-electron chi connectivity index (χ4n) is 4.57. The molecule has 0 bridgehead atoms. The van der Waals surface area contributed by atoms with Gasteiger partial charge in [-0.3, -0.25) is 0 Å². The molecular formula is C29H22ClN3O. The Balaban J connectivity index is 1.33. The fourth-order valence-corrected chi connectivity index (χ4v) is 4.80. The van der Waals surface area contributed by atoms with Crippen molar-refractivity contribution in [3.63, 3.8) is 0 Å². The van der Waals surface area contributed by atoms with Gasteiger partial charge in [-0.2, -0.15) is 4.98 Å². The minimum atomic E-state index is 0.544. The lowest BCUT2D eigenvalue weighted by atomic mass is 10.0. The molecule has 0 saturated carbocycles. The molecule has 0 atom stereocenters. The van der Waals surface area contributed by atoms with E-state index in [1.54, 1.807) is 0 Å². The zero-order chi connectivity index (χ0) is 22.9. The first-order valence-corrected chi connectivity index (χ1v) is 11.7. The first-order chi connectivity index (χ1) is 16.8. The van der Waals surface area contributed by atoms with E-state index in [2.05, 4.69) is 76.6 Å². The molecule has 0 saturated heterocycles. The summed E-state index contributed by atoms with van der Waals surface area (Å²) in [6, 6.07) is 31.2. The second-order valence-electron chi connectivity index (χ2n) is 8.43. The van der Waals surface area contributed by atoms with Gasteiger partial charge in [-0.05, 0) is 40.5 Å². The van der Waals surface area contributed by atoms with Crippen molar-refractivity contribution in [3.05, 3.63) is 119 Å². The lowest BCUT2D eigenvalue weighted by molar-refractivity contribution is 0.422. The number of aryl methyl sites for hydroxylation is 2. The van der Waals surface area contributed by atoms with Crippen LogP contribution in [0.4, 0.5) is 0 Å². The number of fused-ring (bicyclic) bond motifs is 2. The largest absolute Gasteiger partial charge is 0.342 e. The third-order valence-electron chi connectivity index (χ3n) is 6.28. The van der Waals surface area contributed by atoms with E-state index in [1.165, 1.54) is 16.3 Å². The van der Waals surface area contributed by atoms with E-state index in [-0.39, 0.29) is 0 Å². The van der Waals surface area contributed by atoms with E-state index in [0.717, 1.165) is 40.0 Å². The molecule has 0 radical (unpaired) electrons. The zero-order valence-electron chi connectivity index (χ0n) is 18.5. The van der Waals surface area contributed by atoms with E-state index < -0.39 is 0 Å². The van der Waals surface area contributed by atoms with Gasteiger partial charge in [0.15, 0.2) is 5.82 Å². The molecule has 0 fully saturated rings. The number of halogens is 1. The third kappa shape index (κ3) is 3.87. The minimum absolute atomic E-state index is 0.544. The Morgan fingerprint density at radius 1 is 0.735 bits per heavy atom. The molecule has 0 aliphatic carbocycles. The van der Waals surface area contributed by atoms with Crippen LogP contribution in [0.15, 0.2) is 102 Å². The number of rotatable bonds is 6. The van der Waals surface area contributed by atoms with Gasteiger partial charge < -0.3 is 9.09 Å². The van der Waals surface area contributed by atoms with Gasteiger partial charge in [-0.15, -0.1) is 0 Å². The quantitative estimate of drug-likeness (QED) is 0.259. The predicted molar refractivity (Wildman–Crippen MR) is 137 cm³/mol. The summed E-state index contributed by atoms with van der Waals surface area (Å²) >= 11 is 6.30. The molecule has 0 amide bonds. The van der Waals surface area contributed by atoms with Crippen LogP contribution in [0, 0.1) is 0 Å². The maximum absolute atomic E-state index is 6.30. The van der Waals surface area contributed by atoms with Crippen LogP contribution in [-0.2, 0) is 19.4 Å². The smallest absolute Gasteiger partial charge is 0.260 e. The van der Waals surface area contributed by atoms with Crippen LogP contribution in [0.2, 0.25) is 5.02 Å². The molecule has 34 heavy (non-hydrogen) atoms. The first kappa shape index (κ1) is 20.7. The Kier molecular flexibility index (Phi) is 5.36. The molecule has 0 aliphatic heterocycles. The lowest BCUT2D eigenvalue weighted by Gasteiger charge is -2.09. The van der Waals surface area contributed by atoms with Crippen molar-refractivity contribution in [1.29, 1.82) is 0 Å². The number of para-hydroxylation sites is 1. The molecule has 0 unspecified atom stereocenters. The number of hydrogen-bond acceptors (Lipinski definition) is 3. The highest BCUT2D eigenvalue weighted by Gasteiger charge is 2.17. The van der Waals surface area contributed by atoms with Crippen LogP contribution in [0.25, 0.3) is 33.1 Å². The standard InChI is InChI=1S/C29H22ClN3O/c30-26-14-5-2-9-21(26)16-17-28-31-29(34-32-28)25-19-33(27-15-6-4-13-24(25)27)18-22-11-7-10-20-8-1-3-12-23(20)22/h1-15,19H,16-18H2. The summed E-state index contributed by atoms with van der Waals surface area (Å²) in [6.45, 7) is 0.759. The van der Waals surface area contributed by atoms with Gasteiger partial charge in [0.25, 0.3) is 5.89 Å². The van der Waals surface area contributed by atoms with Crippen molar-refractivity contribution in [1.82, 2.24) is 14.7 Å². The normalized spacial score (nSPS) is 11.4. The molecule has 0 N–H and O–H groups in total. The molecule has 5 heteroatoms. The van der Waals surface area contributed by atoms with Crippen LogP contribution in [0.5, 0.6) is 0 Å². The van der Waals surface area contributed by atoms with Crippen LogP contribution in [0.3, 0.4) is 0 Å². The Hall–Kier alpha value is -3.89. The van der Waals surface area contributed by atoms with E-state index >= 15 is 0 Å². The second kappa shape index (κ2) is 8.81. The van der Waals surface area contributed by atoms with Crippen molar-refractivity contribution in [3.8, 4) is 11.5 Å². The number of hydrogen-bond donors (Lipinski definition) is 0. The Labute approximate surface area is 202 Å². The summed E-state index contributed by atoms with van der Waals surface area (Å²) in [5.41, 5.74) is 4.45. The summed E-state index contributed by atoms with van der Waals surface area (Å²) in [5, 5.41) is 8.62. The predicted octanol–water partition coefficient (Wildman–Crippen LogP) is 7.33. The van der Waals surface area contributed by atoms with Gasteiger partial charge in [0.1, 0.15) is 0 Å². The van der Waals surface area contributed by atoms with Gasteiger partial charge in [-0.25, -0.2) is 0 Å². The van der Waals surface area contributed by atoms with Gasteiger partial charge >= 0.3 is 0 Å². The lowest BCUT2D eigenvalue weighted by Crippen LogP contribution is -1.98. The molecular weight excluding hydrogens is 442 g/mol. The van der Waals surface area contributed by atoms with Gasteiger partial charge in [-0.1, -0.05) is 95.6 Å². The zero-order valence-corrected chi connectivity index (χ0v) is 19.2. The van der Waals surface area contributed by atoms with Gasteiger partial charge in [0, 0.05) is 35.1 Å². The SMILES string of the molecule is Clc1ccccc1CCc1noc(-c2cn(Cc3cccc4ccccc34)c3ccccc23)n1. The van der Waals surface area contributed by atoms with Gasteiger partial charge in [0.2, 0.25) is 0 Å². The van der Waals surface area contributed by atoms with Gasteiger partial charge in [0.05, 0.1) is 5.56 Å². The first-order valence-electron chi connectivity index (χ1n) is 11.4. The maximum atomic E-state index is 6.30. The summed E-state index contributed by atoms with van der Waals surface area (Å²) < 4.78 is 7.97. The van der Waals surface area contributed by atoms with Crippen molar-refractivity contribution in [2.75, 3.05) is 0 Å². The monoisotopic (exact) mass is 463 g/mol. The fraction of sp³-hybridized carbons (Fsp3) is 0.103. The highest BCUT2D eigenvalue weighted by molar-refractivity contribution is 6.31. The van der Waals surface area contributed by atoms with E-state index in [9.17, 15) is 0 Å². The van der Waals surface area contributed by atoms with Crippen molar-refractivity contribution in [2.24, 2.45) is 0 Å². The third-order valence-corrected chi connectivity index (χ3v) is 6.65. The molecule has 4 aromatic carbocycles. The Morgan fingerprint density at radius 2 is 1.47 bits per heavy atom. The molecule has 6 aromatic rings. The van der Waals surface area contributed by atoms with Crippen LogP contribution < -0.4 is 0 Å². The number of nitrogens with zero attached hydrogens (tertiary/aromatic N) is 3. The van der Waals surface area contributed by atoms with Crippen molar-refractivity contribution < 1.29 is 4.52 Å². The van der Waals surface area contributed by atoms with Crippen LogP contribution in [0.1, 0.15) is 17.0 Å². The van der Waals surface area contributed by atoms with Crippen LogP contribution >= 0.6 is 11.6 Å². The highest BCUT2D eigenvalue weighted by atomic mass is 35.5. The summed E-state index contributed by atoms with van der Waals surface area (Å²) in [4.78, 5) is 4.71. The van der Waals surface area contributed by atoms with E-state index in [0.29, 0.717) is 18.1 Å². The Morgan fingerprint density at radius 3 is 2.38 bits per heavy atom. The molecule has 4 nitrogen and oxygen atoms in total. The van der Waals surface area contributed by atoms with Crippen molar-refractivity contribution >= 4 is 33.3 Å².